The molecule has 0 aliphatic carbocycles. The smallest absolute Gasteiger partial charge is 0.250 e. The van der Waals surface area contributed by atoms with E-state index >= 15 is 0 Å². The van der Waals surface area contributed by atoms with Gasteiger partial charge in [0.15, 0.2) is 5.82 Å². The zero-order chi connectivity index (χ0) is 17.8. The second-order valence-corrected chi connectivity index (χ2v) is 6.21. The summed E-state index contributed by atoms with van der Waals surface area (Å²) >= 11 is 0. The number of nitrogens with one attached hydrogen (secondary N) is 1. The van der Waals surface area contributed by atoms with Gasteiger partial charge >= 0.3 is 0 Å². The minimum Gasteiger partial charge on any atom is -0.360 e. The molecule has 6 nitrogen and oxygen atoms in total. The Labute approximate surface area is 146 Å². The number of likely N-dealkylation sites (tertiary alicyclic amines) is 1. The maximum atomic E-state index is 12.8. The average molecular weight is 339 g/mol. The van der Waals surface area contributed by atoms with Crippen LogP contribution in [0.25, 0.3) is 6.08 Å². The standard InChI is InChI=1S/C19H21N3O3/c1-13(11-15-7-4-3-5-8-15)19(24)22-10-6-9-16(22)18(23)20-17-12-14(2)25-21-17/h3-5,7-8,11-12,16H,6,9-10H2,1-2H3,(H,20,21,23)/b13-11+/t16-/m1/s1. The van der Waals surface area contributed by atoms with Crippen molar-refractivity contribution in [2.45, 2.75) is 32.7 Å². The Morgan fingerprint density at radius 2 is 2.08 bits per heavy atom. The van der Waals surface area contributed by atoms with E-state index in [-0.39, 0.29) is 11.8 Å². The highest BCUT2D eigenvalue weighted by molar-refractivity contribution is 6.02. The summed E-state index contributed by atoms with van der Waals surface area (Å²) in [5, 5.41) is 6.49. The third kappa shape index (κ3) is 3.96. The van der Waals surface area contributed by atoms with E-state index in [1.165, 1.54) is 0 Å². The second-order valence-electron chi connectivity index (χ2n) is 6.21. The summed E-state index contributed by atoms with van der Waals surface area (Å²) in [7, 11) is 0. The van der Waals surface area contributed by atoms with Crippen LogP contribution in [0.15, 0.2) is 46.5 Å². The molecule has 0 saturated carbocycles. The molecule has 1 aromatic carbocycles. The van der Waals surface area contributed by atoms with Gasteiger partial charge < -0.3 is 14.7 Å². The minimum absolute atomic E-state index is 0.113. The zero-order valence-electron chi connectivity index (χ0n) is 14.4. The van der Waals surface area contributed by atoms with Gasteiger partial charge in [-0.15, -0.1) is 0 Å². The highest BCUT2D eigenvalue weighted by Gasteiger charge is 2.34. The molecule has 1 fully saturated rings. The summed E-state index contributed by atoms with van der Waals surface area (Å²) < 4.78 is 4.95. The van der Waals surface area contributed by atoms with E-state index in [1.54, 1.807) is 24.8 Å². The monoisotopic (exact) mass is 339 g/mol. The van der Waals surface area contributed by atoms with E-state index in [9.17, 15) is 9.59 Å². The quantitative estimate of drug-likeness (QED) is 0.869. The summed E-state index contributed by atoms with van der Waals surface area (Å²) in [5.74, 6) is 0.652. The van der Waals surface area contributed by atoms with E-state index in [0.717, 1.165) is 12.0 Å². The zero-order valence-corrected chi connectivity index (χ0v) is 14.4. The molecule has 3 rings (SSSR count). The SMILES string of the molecule is C/C(=C\c1ccccc1)C(=O)N1CCC[C@@H]1C(=O)Nc1cc(C)on1. The first-order chi connectivity index (χ1) is 12.0. The summed E-state index contributed by atoms with van der Waals surface area (Å²) in [6.07, 6.45) is 3.30. The Morgan fingerprint density at radius 1 is 1.32 bits per heavy atom. The number of nitrogens with zero attached hydrogens (tertiary/aromatic N) is 2. The molecule has 0 spiro atoms. The highest BCUT2D eigenvalue weighted by atomic mass is 16.5. The maximum absolute atomic E-state index is 12.8. The minimum atomic E-state index is -0.483. The number of aromatic nitrogens is 1. The van der Waals surface area contributed by atoms with Crippen molar-refractivity contribution in [3.8, 4) is 0 Å². The van der Waals surface area contributed by atoms with Crippen LogP contribution in [0.2, 0.25) is 0 Å². The first kappa shape index (κ1) is 17.0. The van der Waals surface area contributed by atoms with Crippen molar-refractivity contribution in [1.29, 1.82) is 0 Å². The van der Waals surface area contributed by atoms with Crippen molar-refractivity contribution in [3.05, 3.63) is 53.3 Å². The third-order valence-electron chi connectivity index (χ3n) is 4.22. The molecular formula is C19H21N3O3. The van der Waals surface area contributed by atoms with Crippen LogP contribution in [0.1, 0.15) is 31.1 Å². The second kappa shape index (κ2) is 7.34. The Balaban J connectivity index is 1.71. The third-order valence-corrected chi connectivity index (χ3v) is 4.22. The summed E-state index contributed by atoms with van der Waals surface area (Å²) in [6, 6.07) is 10.8. The fraction of sp³-hybridized carbons (Fsp3) is 0.316. The molecule has 6 heteroatoms. The van der Waals surface area contributed by atoms with Gasteiger partial charge in [0.05, 0.1) is 0 Å². The van der Waals surface area contributed by atoms with E-state index in [1.807, 2.05) is 36.4 Å². The molecule has 130 valence electrons. The van der Waals surface area contributed by atoms with E-state index in [2.05, 4.69) is 10.5 Å². The van der Waals surface area contributed by atoms with Crippen LogP contribution in [-0.2, 0) is 9.59 Å². The Bertz CT molecular complexity index is 795. The lowest BCUT2D eigenvalue weighted by molar-refractivity contribution is -0.133. The number of carbonyl (C=O) groups is 2. The van der Waals surface area contributed by atoms with Crippen LogP contribution in [0.5, 0.6) is 0 Å². The van der Waals surface area contributed by atoms with Crippen LogP contribution in [0.3, 0.4) is 0 Å². The summed E-state index contributed by atoms with van der Waals surface area (Å²) in [5.41, 5.74) is 1.58. The van der Waals surface area contributed by atoms with Crippen molar-refractivity contribution in [1.82, 2.24) is 10.1 Å². The van der Waals surface area contributed by atoms with Gasteiger partial charge in [0.2, 0.25) is 11.8 Å². The molecule has 1 aromatic heterocycles. The van der Waals surface area contributed by atoms with Gasteiger partial charge in [-0.05, 0) is 38.3 Å². The molecule has 2 aromatic rings. The molecule has 25 heavy (non-hydrogen) atoms. The van der Waals surface area contributed by atoms with Crippen molar-refractivity contribution < 1.29 is 14.1 Å². The number of anilines is 1. The molecule has 0 unspecified atom stereocenters. The number of hydrogen-bond donors (Lipinski definition) is 1. The van der Waals surface area contributed by atoms with Gasteiger partial charge in [0.1, 0.15) is 11.8 Å². The Morgan fingerprint density at radius 3 is 2.76 bits per heavy atom. The molecular weight excluding hydrogens is 318 g/mol. The fourth-order valence-corrected chi connectivity index (χ4v) is 3.00. The molecule has 1 N–H and O–H groups in total. The van der Waals surface area contributed by atoms with Crippen LogP contribution in [0.4, 0.5) is 5.82 Å². The van der Waals surface area contributed by atoms with E-state index in [4.69, 9.17) is 4.52 Å². The average Bonchev–Trinajstić information content (AvgIpc) is 3.24. The number of aryl methyl sites for hydroxylation is 1. The van der Waals surface area contributed by atoms with Crippen molar-refractivity contribution >= 4 is 23.7 Å². The predicted octanol–water partition coefficient (Wildman–Crippen LogP) is 3.02. The van der Waals surface area contributed by atoms with Gasteiger partial charge in [-0.1, -0.05) is 35.5 Å². The van der Waals surface area contributed by atoms with Crippen LogP contribution in [0, 0.1) is 6.92 Å². The molecule has 1 aliphatic heterocycles. The van der Waals surface area contributed by atoms with E-state index in [0.29, 0.717) is 30.1 Å². The number of amides is 2. The number of hydrogen-bond acceptors (Lipinski definition) is 4. The van der Waals surface area contributed by atoms with Gasteiger partial charge in [0.25, 0.3) is 0 Å². The number of rotatable bonds is 4. The Kier molecular flexibility index (Phi) is 4.97. The lowest BCUT2D eigenvalue weighted by atomic mass is 10.1. The van der Waals surface area contributed by atoms with Gasteiger partial charge in [-0.2, -0.15) is 0 Å². The largest absolute Gasteiger partial charge is 0.360 e. The normalized spacial score (nSPS) is 17.6. The van der Waals surface area contributed by atoms with Crippen molar-refractivity contribution in [3.63, 3.8) is 0 Å². The van der Waals surface area contributed by atoms with Gasteiger partial charge in [-0.3, -0.25) is 9.59 Å². The first-order valence-corrected chi connectivity index (χ1v) is 8.33. The van der Waals surface area contributed by atoms with Crippen molar-refractivity contribution in [2.75, 3.05) is 11.9 Å². The maximum Gasteiger partial charge on any atom is 0.250 e. The van der Waals surface area contributed by atoms with Gasteiger partial charge in [0, 0.05) is 18.2 Å². The molecule has 2 heterocycles. The van der Waals surface area contributed by atoms with Gasteiger partial charge in [-0.25, -0.2) is 0 Å². The summed E-state index contributed by atoms with van der Waals surface area (Å²) in [4.78, 5) is 26.9. The highest BCUT2D eigenvalue weighted by Crippen LogP contribution is 2.22. The summed E-state index contributed by atoms with van der Waals surface area (Å²) in [6.45, 7) is 4.12. The predicted molar refractivity (Wildman–Crippen MR) is 94.7 cm³/mol. The molecule has 1 saturated heterocycles. The first-order valence-electron chi connectivity index (χ1n) is 8.33. The Hall–Kier alpha value is -2.89. The fourth-order valence-electron chi connectivity index (χ4n) is 3.00. The molecule has 2 amide bonds. The number of carbonyl (C=O) groups excluding carboxylic acids is 2. The lowest BCUT2D eigenvalue weighted by Gasteiger charge is -2.24. The topological polar surface area (TPSA) is 75.4 Å². The number of benzene rings is 1. The molecule has 0 bridgehead atoms. The van der Waals surface area contributed by atoms with E-state index < -0.39 is 6.04 Å². The van der Waals surface area contributed by atoms with Crippen molar-refractivity contribution in [2.24, 2.45) is 0 Å². The molecule has 1 aliphatic rings. The molecule has 1 atom stereocenters. The van der Waals surface area contributed by atoms with Crippen LogP contribution < -0.4 is 5.32 Å². The van der Waals surface area contributed by atoms with Crippen LogP contribution >= 0.6 is 0 Å². The molecule has 0 radical (unpaired) electrons. The lowest BCUT2D eigenvalue weighted by Crippen LogP contribution is -2.43. The van der Waals surface area contributed by atoms with Crippen LogP contribution in [-0.4, -0.2) is 34.5 Å².